The van der Waals surface area contributed by atoms with Gasteiger partial charge in [0.2, 0.25) is 5.91 Å². The Labute approximate surface area is 107 Å². The molecule has 1 fully saturated rings. The van der Waals surface area contributed by atoms with Gasteiger partial charge in [-0.3, -0.25) is 4.79 Å². The highest BCUT2D eigenvalue weighted by Gasteiger charge is 2.15. The summed E-state index contributed by atoms with van der Waals surface area (Å²) in [6, 6.07) is 7.84. The molecule has 1 aliphatic rings. The van der Waals surface area contributed by atoms with Gasteiger partial charge in [0.1, 0.15) is 0 Å². The average molecular weight is 250 g/mol. The van der Waals surface area contributed by atoms with Crippen LogP contribution in [0.4, 0.5) is 0 Å². The van der Waals surface area contributed by atoms with Gasteiger partial charge in [-0.25, -0.2) is 0 Å². The molecular weight excluding hydrogens is 234 g/mol. The molecule has 0 heterocycles. The molecule has 1 N–H and O–H groups in total. The van der Waals surface area contributed by atoms with E-state index in [0.717, 1.165) is 18.4 Å². The zero-order valence-corrected chi connectivity index (χ0v) is 10.4. The molecule has 0 aromatic heterocycles. The number of nitrogens with one attached hydrogen (secondary N) is 1. The molecular formula is C14H16ClNO. The highest BCUT2D eigenvalue weighted by atomic mass is 35.5. The lowest BCUT2D eigenvalue weighted by molar-refractivity contribution is -0.117. The molecule has 1 aliphatic carbocycles. The molecule has 2 nitrogen and oxygen atoms in total. The summed E-state index contributed by atoms with van der Waals surface area (Å²) in [5, 5.41) is 3.66. The standard InChI is InChI=1S/C14H16ClNO/c15-13-8-4-1-5-11(13)9-10-14(17)16-12-6-2-3-7-12/h1,4-5,8-10,12H,2-3,6-7H2,(H,16,17). The summed E-state index contributed by atoms with van der Waals surface area (Å²) < 4.78 is 0. The lowest BCUT2D eigenvalue weighted by atomic mass is 10.2. The van der Waals surface area contributed by atoms with E-state index in [1.807, 2.05) is 24.3 Å². The minimum Gasteiger partial charge on any atom is -0.350 e. The fraction of sp³-hybridized carbons (Fsp3) is 0.357. The summed E-state index contributed by atoms with van der Waals surface area (Å²) in [6.07, 6.45) is 7.96. The van der Waals surface area contributed by atoms with Crippen molar-refractivity contribution in [2.45, 2.75) is 31.7 Å². The van der Waals surface area contributed by atoms with E-state index in [9.17, 15) is 4.79 Å². The highest BCUT2D eigenvalue weighted by molar-refractivity contribution is 6.32. The van der Waals surface area contributed by atoms with E-state index in [-0.39, 0.29) is 5.91 Å². The first-order valence-corrected chi connectivity index (χ1v) is 6.36. The van der Waals surface area contributed by atoms with Crippen LogP contribution in [0.1, 0.15) is 31.2 Å². The molecule has 0 aliphatic heterocycles. The zero-order chi connectivity index (χ0) is 12.1. The molecule has 1 aromatic carbocycles. The van der Waals surface area contributed by atoms with Crippen molar-refractivity contribution in [2.75, 3.05) is 0 Å². The van der Waals surface area contributed by atoms with Gasteiger partial charge in [-0.15, -0.1) is 0 Å². The van der Waals surface area contributed by atoms with Crippen LogP contribution in [0.2, 0.25) is 5.02 Å². The first-order chi connectivity index (χ1) is 8.25. The normalized spacial score (nSPS) is 16.5. The monoisotopic (exact) mass is 249 g/mol. The van der Waals surface area contributed by atoms with Gasteiger partial charge in [-0.1, -0.05) is 42.6 Å². The predicted octanol–water partition coefficient (Wildman–Crippen LogP) is 3.41. The summed E-state index contributed by atoms with van der Waals surface area (Å²) in [5.74, 6) is -0.0307. The number of halogens is 1. The van der Waals surface area contributed by atoms with Crippen LogP contribution in [0.25, 0.3) is 6.08 Å². The number of hydrogen-bond donors (Lipinski definition) is 1. The average Bonchev–Trinajstić information content (AvgIpc) is 2.81. The van der Waals surface area contributed by atoms with Crippen LogP contribution in [0.5, 0.6) is 0 Å². The van der Waals surface area contributed by atoms with E-state index in [0.29, 0.717) is 11.1 Å². The first kappa shape index (κ1) is 12.2. The van der Waals surface area contributed by atoms with Crippen molar-refractivity contribution in [3.63, 3.8) is 0 Å². The maximum absolute atomic E-state index is 11.6. The Morgan fingerprint density at radius 2 is 2.00 bits per heavy atom. The Bertz CT molecular complexity index is 422. The van der Waals surface area contributed by atoms with Crippen molar-refractivity contribution in [3.05, 3.63) is 40.9 Å². The predicted molar refractivity (Wildman–Crippen MR) is 70.9 cm³/mol. The van der Waals surface area contributed by atoms with Crippen molar-refractivity contribution >= 4 is 23.6 Å². The summed E-state index contributed by atoms with van der Waals surface area (Å²) in [6.45, 7) is 0. The van der Waals surface area contributed by atoms with E-state index in [1.54, 1.807) is 12.2 Å². The topological polar surface area (TPSA) is 29.1 Å². The maximum Gasteiger partial charge on any atom is 0.244 e. The van der Waals surface area contributed by atoms with Crippen molar-refractivity contribution in [3.8, 4) is 0 Å². The van der Waals surface area contributed by atoms with Gasteiger partial charge in [-0.2, -0.15) is 0 Å². The molecule has 0 unspecified atom stereocenters. The second-order valence-corrected chi connectivity index (χ2v) is 4.75. The van der Waals surface area contributed by atoms with Crippen molar-refractivity contribution in [1.29, 1.82) is 0 Å². The Kier molecular flexibility index (Phi) is 4.21. The Balaban J connectivity index is 1.91. The highest BCUT2D eigenvalue weighted by Crippen LogP contribution is 2.18. The van der Waals surface area contributed by atoms with Crippen LogP contribution < -0.4 is 5.32 Å². The van der Waals surface area contributed by atoms with Gasteiger partial charge in [0.05, 0.1) is 0 Å². The van der Waals surface area contributed by atoms with Crippen molar-refractivity contribution in [1.82, 2.24) is 5.32 Å². The first-order valence-electron chi connectivity index (χ1n) is 5.99. The third kappa shape index (κ3) is 3.60. The van der Waals surface area contributed by atoms with Gasteiger partial charge in [0.15, 0.2) is 0 Å². The molecule has 1 amide bonds. The Hall–Kier alpha value is -1.28. The minimum absolute atomic E-state index is 0.0307. The largest absolute Gasteiger partial charge is 0.350 e. The van der Waals surface area contributed by atoms with E-state index < -0.39 is 0 Å². The summed E-state index contributed by atoms with van der Waals surface area (Å²) >= 11 is 6.00. The molecule has 0 spiro atoms. The number of benzene rings is 1. The Morgan fingerprint density at radius 1 is 1.29 bits per heavy atom. The molecule has 1 aromatic rings. The number of rotatable bonds is 3. The molecule has 0 bridgehead atoms. The molecule has 90 valence electrons. The molecule has 17 heavy (non-hydrogen) atoms. The SMILES string of the molecule is O=C(C=Cc1ccccc1Cl)NC1CCCC1. The van der Waals surface area contributed by atoms with E-state index >= 15 is 0 Å². The quantitative estimate of drug-likeness (QED) is 0.818. The van der Waals surface area contributed by atoms with Crippen LogP contribution in [0.3, 0.4) is 0 Å². The van der Waals surface area contributed by atoms with Crippen LogP contribution in [0.15, 0.2) is 30.3 Å². The van der Waals surface area contributed by atoms with Gasteiger partial charge in [0.25, 0.3) is 0 Å². The summed E-state index contributed by atoms with van der Waals surface area (Å²) in [5.41, 5.74) is 0.871. The van der Waals surface area contributed by atoms with E-state index in [2.05, 4.69) is 5.32 Å². The number of amides is 1. The van der Waals surface area contributed by atoms with Gasteiger partial charge in [-0.05, 0) is 30.5 Å². The lowest BCUT2D eigenvalue weighted by Gasteiger charge is -2.09. The number of carbonyl (C=O) groups is 1. The van der Waals surface area contributed by atoms with Crippen LogP contribution in [0, 0.1) is 0 Å². The molecule has 3 heteroatoms. The fourth-order valence-electron chi connectivity index (χ4n) is 2.10. The second kappa shape index (κ2) is 5.87. The number of hydrogen-bond acceptors (Lipinski definition) is 1. The molecule has 0 saturated heterocycles. The minimum atomic E-state index is -0.0307. The third-order valence-electron chi connectivity index (χ3n) is 3.02. The zero-order valence-electron chi connectivity index (χ0n) is 9.66. The van der Waals surface area contributed by atoms with Crippen molar-refractivity contribution < 1.29 is 4.79 Å². The smallest absolute Gasteiger partial charge is 0.244 e. The number of carbonyl (C=O) groups excluding carboxylic acids is 1. The molecule has 2 rings (SSSR count). The van der Waals surface area contributed by atoms with Gasteiger partial charge < -0.3 is 5.32 Å². The van der Waals surface area contributed by atoms with E-state index in [1.165, 1.54) is 12.8 Å². The van der Waals surface area contributed by atoms with E-state index in [4.69, 9.17) is 11.6 Å². The van der Waals surface area contributed by atoms with Gasteiger partial charge in [0, 0.05) is 17.1 Å². The molecule has 0 radical (unpaired) electrons. The van der Waals surface area contributed by atoms with Gasteiger partial charge >= 0.3 is 0 Å². The second-order valence-electron chi connectivity index (χ2n) is 4.34. The van der Waals surface area contributed by atoms with Crippen LogP contribution >= 0.6 is 11.6 Å². The lowest BCUT2D eigenvalue weighted by Crippen LogP contribution is -2.30. The molecule has 1 saturated carbocycles. The van der Waals surface area contributed by atoms with Crippen LogP contribution in [-0.2, 0) is 4.79 Å². The van der Waals surface area contributed by atoms with Crippen LogP contribution in [-0.4, -0.2) is 11.9 Å². The maximum atomic E-state index is 11.6. The summed E-state index contributed by atoms with van der Waals surface area (Å²) in [4.78, 5) is 11.6. The summed E-state index contributed by atoms with van der Waals surface area (Å²) in [7, 11) is 0. The Morgan fingerprint density at radius 3 is 2.71 bits per heavy atom. The third-order valence-corrected chi connectivity index (χ3v) is 3.37. The fourth-order valence-corrected chi connectivity index (χ4v) is 2.29. The van der Waals surface area contributed by atoms with Crippen molar-refractivity contribution in [2.24, 2.45) is 0 Å². The molecule has 0 atom stereocenters.